The molecule has 0 fully saturated rings. The number of rotatable bonds is 7. The smallest absolute Gasteiger partial charge is 0.236 e. The van der Waals surface area contributed by atoms with Gasteiger partial charge in [-0.15, -0.1) is 0 Å². The van der Waals surface area contributed by atoms with Gasteiger partial charge in [0.15, 0.2) is 0 Å². The normalized spacial score (nSPS) is 12.4. The van der Waals surface area contributed by atoms with E-state index in [9.17, 15) is 9.59 Å². The van der Waals surface area contributed by atoms with Gasteiger partial charge in [0.2, 0.25) is 11.8 Å². The van der Waals surface area contributed by atoms with Gasteiger partial charge in [0.25, 0.3) is 0 Å². The molecule has 5 heteroatoms. The molecule has 0 spiro atoms. The fourth-order valence-electron chi connectivity index (χ4n) is 1.15. The number of carbonyl (C=O) groups is 2. The van der Waals surface area contributed by atoms with E-state index in [0.29, 0.717) is 6.54 Å². The molecule has 0 heterocycles. The molecule has 0 saturated carbocycles. The van der Waals surface area contributed by atoms with Crippen molar-refractivity contribution in [3.05, 3.63) is 0 Å². The summed E-state index contributed by atoms with van der Waals surface area (Å²) in [5.74, 6) is -0.0676. The third kappa shape index (κ3) is 6.26. The predicted octanol–water partition coefficient (Wildman–Crippen LogP) is 0.358. The molecule has 5 nitrogen and oxygen atoms in total. The van der Waals surface area contributed by atoms with Gasteiger partial charge in [0.1, 0.15) is 0 Å². The molecule has 17 heavy (non-hydrogen) atoms. The lowest BCUT2D eigenvalue weighted by atomic mass is 10.3. The van der Waals surface area contributed by atoms with Gasteiger partial charge in [-0.3, -0.25) is 14.9 Å². The monoisotopic (exact) mass is 243 g/mol. The summed E-state index contributed by atoms with van der Waals surface area (Å²) in [7, 11) is 1.76. The fourth-order valence-corrected chi connectivity index (χ4v) is 1.15. The third-order valence-corrected chi connectivity index (χ3v) is 2.67. The summed E-state index contributed by atoms with van der Waals surface area (Å²) in [6.45, 7) is 8.53. The average Bonchev–Trinajstić information content (AvgIpc) is 2.31. The lowest BCUT2D eigenvalue weighted by Crippen LogP contribution is -2.47. The van der Waals surface area contributed by atoms with Gasteiger partial charge in [-0.25, -0.2) is 0 Å². The molecule has 2 amide bonds. The number of nitrogens with one attached hydrogen (secondary N) is 2. The van der Waals surface area contributed by atoms with E-state index in [2.05, 4.69) is 10.6 Å². The number of nitrogens with zero attached hydrogens (tertiary/aromatic N) is 1. The summed E-state index contributed by atoms with van der Waals surface area (Å²) in [6, 6.07) is -0.167. The summed E-state index contributed by atoms with van der Waals surface area (Å²) < 4.78 is 0. The summed E-state index contributed by atoms with van der Waals surface area (Å²) in [4.78, 5) is 24.8. The Balaban J connectivity index is 3.94. The van der Waals surface area contributed by atoms with Crippen molar-refractivity contribution in [2.75, 3.05) is 20.1 Å². The van der Waals surface area contributed by atoms with E-state index in [0.717, 1.165) is 6.42 Å². The Bertz CT molecular complexity index is 254. The highest BCUT2D eigenvalue weighted by Crippen LogP contribution is 1.93. The van der Waals surface area contributed by atoms with Crippen molar-refractivity contribution in [3.63, 3.8) is 0 Å². The van der Waals surface area contributed by atoms with E-state index in [1.807, 2.05) is 20.8 Å². The molecule has 0 saturated heterocycles. The Hall–Kier alpha value is -1.10. The SMILES string of the molecule is CCCNC(=O)C(C)NCC(=O)N(C)C(C)C. The van der Waals surface area contributed by atoms with Crippen molar-refractivity contribution in [3.8, 4) is 0 Å². The second-order valence-corrected chi connectivity index (χ2v) is 4.49. The Morgan fingerprint density at radius 3 is 2.29 bits per heavy atom. The van der Waals surface area contributed by atoms with Gasteiger partial charge in [0, 0.05) is 19.6 Å². The molecule has 0 aromatic heterocycles. The van der Waals surface area contributed by atoms with E-state index in [1.165, 1.54) is 0 Å². The molecule has 0 aliphatic heterocycles. The van der Waals surface area contributed by atoms with E-state index >= 15 is 0 Å². The van der Waals surface area contributed by atoms with Crippen LogP contribution in [0.4, 0.5) is 0 Å². The molecular weight excluding hydrogens is 218 g/mol. The third-order valence-electron chi connectivity index (χ3n) is 2.67. The van der Waals surface area contributed by atoms with Crippen LogP contribution < -0.4 is 10.6 Å². The van der Waals surface area contributed by atoms with Crippen molar-refractivity contribution in [2.45, 2.75) is 46.2 Å². The van der Waals surface area contributed by atoms with E-state index < -0.39 is 0 Å². The molecule has 0 rings (SSSR count). The van der Waals surface area contributed by atoms with Crippen LogP contribution in [0.25, 0.3) is 0 Å². The summed E-state index contributed by atoms with van der Waals surface area (Å²) in [5, 5.41) is 5.71. The number of likely N-dealkylation sites (N-methyl/N-ethyl adjacent to an activating group) is 1. The first-order valence-electron chi connectivity index (χ1n) is 6.16. The van der Waals surface area contributed by atoms with Crippen molar-refractivity contribution in [1.82, 2.24) is 15.5 Å². The maximum absolute atomic E-state index is 11.7. The quantitative estimate of drug-likeness (QED) is 0.678. The highest BCUT2D eigenvalue weighted by molar-refractivity contribution is 5.83. The summed E-state index contributed by atoms with van der Waals surface area (Å²) in [6.07, 6.45) is 0.910. The number of amides is 2. The second-order valence-electron chi connectivity index (χ2n) is 4.49. The van der Waals surface area contributed by atoms with Gasteiger partial charge >= 0.3 is 0 Å². The number of carbonyl (C=O) groups excluding carboxylic acids is 2. The van der Waals surface area contributed by atoms with Gasteiger partial charge < -0.3 is 10.2 Å². The van der Waals surface area contributed by atoms with Crippen LogP contribution in [0.1, 0.15) is 34.1 Å². The first kappa shape index (κ1) is 15.9. The lowest BCUT2D eigenvalue weighted by Gasteiger charge is -2.22. The number of hydrogen-bond acceptors (Lipinski definition) is 3. The lowest BCUT2D eigenvalue weighted by molar-refractivity contribution is -0.130. The van der Waals surface area contributed by atoms with Crippen LogP contribution in [0.3, 0.4) is 0 Å². The largest absolute Gasteiger partial charge is 0.355 e. The van der Waals surface area contributed by atoms with Crippen LogP contribution in [0.2, 0.25) is 0 Å². The topological polar surface area (TPSA) is 61.4 Å². The van der Waals surface area contributed by atoms with Gasteiger partial charge in [-0.2, -0.15) is 0 Å². The molecule has 0 bridgehead atoms. The predicted molar refractivity (Wildman–Crippen MR) is 68.7 cm³/mol. The first-order chi connectivity index (χ1) is 7.90. The Morgan fingerprint density at radius 2 is 1.82 bits per heavy atom. The molecule has 1 unspecified atom stereocenters. The Morgan fingerprint density at radius 1 is 1.24 bits per heavy atom. The number of hydrogen-bond donors (Lipinski definition) is 2. The Labute approximate surface area is 104 Å². The highest BCUT2D eigenvalue weighted by Gasteiger charge is 2.16. The first-order valence-corrected chi connectivity index (χ1v) is 6.16. The van der Waals surface area contributed by atoms with Crippen LogP contribution >= 0.6 is 0 Å². The zero-order valence-electron chi connectivity index (χ0n) is 11.5. The average molecular weight is 243 g/mol. The standard InChI is InChI=1S/C12H25N3O2/c1-6-7-13-12(17)10(4)14-8-11(16)15(5)9(2)3/h9-10,14H,6-8H2,1-5H3,(H,13,17). The fraction of sp³-hybridized carbons (Fsp3) is 0.833. The van der Waals surface area contributed by atoms with Crippen molar-refractivity contribution < 1.29 is 9.59 Å². The molecule has 0 aromatic rings. The molecular formula is C12H25N3O2. The van der Waals surface area contributed by atoms with Gasteiger partial charge in [-0.05, 0) is 27.2 Å². The summed E-state index contributed by atoms with van der Waals surface area (Å²) in [5.41, 5.74) is 0. The van der Waals surface area contributed by atoms with Crippen LogP contribution in [-0.4, -0.2) is 48.9 Å². The van der Waals surface area contributed by atoms with Crippen molar-refractivity contribution in [2.24, 2.45) is 0 Å². The van der Waals surface area contributed by atoms with Crippen LogP contribution in [0.5, 0.6) is 0 Å². The van der Waals surface area contributed by atoms with Crippen LogP contribution in [0.15, 0.2) is 0 Å². The van der Waals surface area contributed by atoms with Gasteiger partial charge in [-0.1, -0.05) is 6.92 Å². The molecule has 0 radical (unpaired) electrons. The van der Waals surface area contributed by atoms with Crippen molar-refractivity contribution in [1.29, 1.82) is 0 Å². The molecule has 0 aliphatic rings. The Kier molecular flexibility index (Phi) is 7.54. The molecule has 100 valence electrons. The minimum absolute atomic E-state index is 0.00450. The minimum atomic E-state index is -0.342. The minimum Gasteiger partial charge on any atom is -0.355 e. The van der Waals surface area contributed by atoms with Gasteiger partial charge in [0.05, 0.1) is 12.6 Å². The maximum atomic E-state index is 11.7. The molecule has 0 aromatic carbocycles. The zero-order valence-corrected chi connectivity index (χ0v) is 11.5. The highest BCUT2D eigenvalue weighted by atomic mass is 16.2. The summed E-state index contributed by atoms with van der Waals surface area (Å²) >= 11 is 0. The maximum Gasteiger partial charge on any atom is 0.236 e. The molecule has 2 N–H and O–H groups in total. The molecule has 1 atom stereocenters. The van der Waals surface area contributed by atoms with E-state index in [1.54, 1.807) is 18.9 Å². The molecule has 0 aliphatic carbocycles. The second kappa shape index (κ2) is 8.06. The van der Waals surface area contributed by atoms with Crippen molar-refractivity contribution >= 4 is 11.8 Å². The van der Waals surface area contributed by atoms with E-state index in [4.69, 9.17) is 0 Å². The zero-order chi connectivity index (χ0) is 13.4. The van der Waals surface area contributed by atoms with Crippen LogP contribution in [-0.2, 0) is 9.59 Å². The van der Waals surface area contributed by atoms with Crippen LogP contribution in [0, 0.1) is 0 Å². The van der Waals surface area contributed by atoms with E-state index in [-0.39, 0.29) is 30.4 Å².